The number of amides is 2. The molecule has 1 fully saturated rings. The molecule has 2 heterocycles. The number of carbonyl (C=O) groups excluding carboxylic acids is 3. The number of nitrogens with one attached hydrogen (secondary N) is 1. The van der Waals surface area contributed by atoms with Crippen LogP contribution in [-0.2, 0) is 9.59 Å². The lowest BCUT2D eigenvalue weighted by Crippen LogP contribution is -2.52. The van der Waals surface area contributed by atoms with Crippen LogP contribution in [0.5, 0.6) is 0 Å². The van der Waals surface area contributed by atoms with E-state index in [1.54, 1.807) is 9.80 Å². The van der Waals surface area contributed by atoms with Crippen molar-refractivity contribution in [2.75, 3.05) is 26.2 Å². The van der Waals surface area contributed by atoms with Gasteiger partial charge in [0.2, 0.25) is 5.78 Å². The Bertz CT molecular complexity index is 801. The summed E-state index contributed by atoms with van der Waals surface area (Å²) in [6.45, 7) is 3.86. The summed E-state index contributed by atoms with van der Waals surface area (Å²) in [4.78, 5) is 43.7. The van der Waals surface area contributed by atoms with Crippen LogP contribution in [0.1, 0.15) is 55.9 Å². The van der Waals surface area contributed by atoms with E-state index in [0.29, 0.717) is 38.3 Å². The van der Waals surface area contributed by atoms with Gasteiger partial charge in [-0.15, -0.1) is 0 Å². The molecule has 1 saturated heterocycles. The Kier molecular flexibility index (Phi) is 6.85. The third-order valence-electron chi connectivity index (χ3n) is 5.36. The third-order valence-corrected chi connectivity index (χ3v) is 5.36. The molecule has 1 aromatic carbocycles. The number of benzene rings is 1. The highest BCUT2D eigenvalue weighted by molar-refractivity contribution is 6.36. The molecule has 1 N–H and O–H groups in total. The van der Waals surface area contributed by atoms with Crippen molar-refractivity contribution in [1.82, 2.24) is 14.8 Å². The van der Waals surface area contributed by atoms with Crippen molar-refractivity contribution in [3.63, 3.8) is 0 Å². The van der Waals surface area contributed by atoms with Gasteiger partial charge in [0.25, 0.3) is 11.8 Å². The van der Waals surface area contributed by atoms with Gasteiger partial charge in [-0.2, -0.15) is 0 Å². The Labute approximate surface area is 165 Å². The van der Waals surface area contributed by atoms with Crippen molar-refractivity contribution in [2.24, 2.45) is 0 Å². The molecule has 3 rings (SSSR count). The van der Waals surface area contributed by atoms with Crippen molar-refractivity contribution < 1.29 is 14.4 Å². The molecule has 0 saturated carbocycles. The number of hydrogen-bond donors (Lipinski definition) is 1. The number of para-hydroxylation sites is 1. The normalized spacial score (nSPS) is 14.5. The van der Waals surface area contributed by atoms with E-state index in [1.807, 2.05) is 30.3 Å². The highest BCUT2D eigenvalue weighted by Gasteiger charge is 2.28. The summed E-state index contributed by atoms with van der Waals surface area (Å²) in [6.07, 6.45) is 5.56. The number of aromatic nitrogens is 1. The lowest BCUT2D eigenvalue weighted by Gasteiger charge is -2.34. The minimum absolute atomic E-state index is 0.0643. The molecular weight excluding hydrogens is 354 g/mol. The van der Waals surface area contributed by atoms with Crippen LogP contribution in [0.4, 0.5) is 0 Å². The first-order valence-corrected chi connectivity index (χ1v) is 10.3. The molecule has 6 heteroatoms. The Hall–Kier alpha value is -2.63. The minimum Gasteiger partial charge on any atom is -0.351 e. The van der Waals surface area contributed by atoms with Crippen LogP contribution in [0.2, 0.25) is 0 Å². The molecule has 0 aliphatic carbocycles. The van der Waals surface area contributed by atoms with Gasteiger partial charge in [0.15, 0.2) is 0 Å². The summed E-state index contributed by atoms with van der Waals surface area (Å²) in [5, 5.41) is 1.00. The molecule has 1 aliphatic rings. The average molecular weight is 383 g/mol. The van der Waals surface area contributed by atoms with Crippen LogP contribution in [-0.4, -0.2) is 58.6 Å². The third kappa shape index (κ3) is 4.80. The number of rotatable bonds is 8. The fourth-order valence-corrected chi connectivity index (χ4v) is 3.64. The smallest absolute Gasteiger partial charge is 0.290 e. The van der Waals surface area contributed by atoms with Crippen LogP contribution >= 0.6 is 0 Å². The largest absolute Gasteiger partial charge is 0.351 e. The van der Waals surface area contributed by atoms with Crippen LogP contribution < -0.4 is 0 Å². The second kappa shape index (κ2) is 9.53. The van der Waals surface area contributed by atoms with Gasteiger partial charge in [0, 0.05) is 43.5 Å². The second-order valence-corrected chi connectivity index (χ2v) is 7.44. The number of carbonyl (C=O) groups is 3. The Morgan fingerprint density at radius 3 is 2.32 bits per heavy atom. The van der Waals surface area contributed by atoms with Gasteiger partial charge >= 0.3 is 0 Å². The van der Waals surface area contributed by atoms with Gasteiger partial charge in [-0.1, -0.05) is 50.8 Å². The first-order valence-electron chi connectivity index (χ1n) is 10.3. The fraction of sp³-hybridized carbons (Fsp3) is 0.500. The van der Waals surface area contributed by atoms with Crippen molar-refractivity contribution in [3.8, 4) is 0 Å². The highest BCUT2D eigenvalue weighted by Crippen LogP contribution is 2.17. The van der Waals surface area contributed by atoms with E-state index >= 15 is 0 Å². The number of aromatic amines is 1. The summed E-state index contributed by atoms with van der Waals surface area (Å²) in [5.41, 5.74) is 1.49. The number of piperazine rings is 1. The number of unbranched alkanes of at least 4 members (excludes halogenated alkanes) is 4. The Balaban J connectivity index is 1.47. The van der Waals surface area contributed by atoms with Crippen LogP contribution in [0, 0.1) is 0 Å². The average Bonchev–Trinajstić information content (AvgIpc) is 3.17. The van der Waals surface area contributed by atoms with E-state index in [0.717, 1.165) is 36.6 Å². The van der Waals surface area contributed by atoms with E-state index in [4.69, 9.17) is 0 Å². The predicted molar refractivity (Wildman–Crippen MR) is 109 cm³/mol. The minimum atomic E-state index is -0.395. The number of Topliss-reactive ketones (excluding diaryl/α,β-unsaturated/α-hetero) is 1. The lowest BCUT2D eigenvalue weighted by molar-refractivity contribution is -0.145. The van der Waals surface area contributed by atoms with Crippen molar-refractivity contribution in [1.29, 1.82) is 0 Å². The molecule has 0 unspecified atom stereocenters. The molecule has 2 aromatic rings. The predicted octanol–water partition coefficient (Wildman–Crippen LogP) is 3.38. The number of hydrogen-bond acceptors (Lipinski definition) is 3. The maximum Gasteiger partial charge on any atom is 0.290 e. The SMILES string of the molecule is CCCCCCCC(=O)C(=O)N1CCN(C(=O)c2cc3ccccc3[nH]2)CC1. The van der Waals surface area contributed by atoms with E-state index < -0.39 is 5.91 Å². The van der Waals surface area contributed by atoms with Crippen LogP contribution in [0.15, 0.2) is 30.3 Å². The quantitative estimate of drug-likeness (QED) is 0.561. The van der Waals surface area contributed by atoms with E-state index in [1.165, 1.54) is 6.42 Å². The summed E-state index contributed by atoms with van der Waals surface area (Å²) in [7, 11) is 0. The number of ketones is 1. The summed E-state index contributed by atoms with van der Waals surface area (Å²) < 4.78 is 0. The number of fused-ring (bicyclic) bond motifs is 1. The van der Waals surface area contributed by atoms with Gasteiger partial charge in [-0.05, 0) is 18.6 Å². The maximum absolute atomic E-state index is 12.7. The molecule has 1 aliphatic heterocycles. The van der Waals surface area contributed by atoms with E-state index in [2.05, 4.69) is 11.9 Å². The molecule has 0 radical (unpaired) electrons. The number of nitrogens with zero attached hydrogens (tertiary/aromatic N) is 2. The molecule has 2 amide bonds. The van der Waals surface area contributed by atoms with E-state index in [9.17, 15) is 14.4 Å². The highest BCUT2D eigenvalue weighted by atomic mass is 16.2. The summed E-state index contributed by atoms with van der Waals surface area (Å²) in [5.74, 6) is -0.759. The molecule has 28 heavy (non-hydrogen) atoms. The fourth-order valence-electron chi connectivity index (χ4n) is 3.64. The molecule has 150 valence electrons. The maximum atomic E-state index is 12.7. The lowest BCUT2D eigenvalue weighted by atomic mass is 10.1. The molecule has 0 atom stereocenters. The van der Waals surface area contributed by atoms with Gasteiger partial charge in [0.05, 0.1) is 0 Å². The zero-order valence-corrected chi connectivity index (χ0v) is 16.6. The van der Waals surface area contributed by atoms with Gasteiger partial charge < -0.3 is 14.8 Å². The summed E-state index contributed by atoms with van der Waals surface area (Å²) >= 11 is 0. The zero-order chi connectivity index (χ0) is 19.9. The van der Waals surface area contributed by atoms with Gasteiger partial charge in [-0.3, -0.25) is 14.4 Å². The Morgan fingerprint density at radius 2 is 1.61 bits per heavy atom. The summed E-state index contributed by atoms with van der Waals surface area (Å²) in [6, 6.07) is 9.63. The first-order chi connectivity index (χ1) is 13.6. The first kappa shape index (κ1) is 20.1. The van der Waals surface area contributed by atoms with Crippen molar-refractivity contribution >= 4 is 28.5 Å². The Morgan fingerprint density at radius 1 is 0.929 bits per heavy atom. The zero-order valence-electron chi connectivity index (χ0n) is 16.6. The van der Waals surface area contributed by atoms with E-state index in [-0.39, 0.29) is 11.7 Å². The number of H-pyrrole nitrogens is 1. The van der Waals surface area contributed by atoms with Crippen LogP contribution in [0.3, 0.4) is 0 Å². The molecule has 6 nitrogen and oxygen atoms in total. The van der Waals surface area contributed by atoms with Gasteiger partial charge in [0.1, 0.15) is 5.69 Å². The monoisotopic (exact) mass is 383 g/mol. The molecule has 0 bridgehead atoms. The molecular formula is C22H29N3O3. The molecule has 0 spiro atoms. The second-order valence-electron chi connectivity index (χ2n) is 7.44. The van der Waals surface area contributed by atoms with Crippen molar-refractivity contribution in [3.05, 3.63) is 36.0 Å². The van der Waals surface area contributed by atoms with Gasteiger partial charge in [-0.25, -0.2) is 0 Å². The standard InChI is InChI=1S/C22H29N3O3/c1-2-3-4-5-6-11-20(26)22(28)25-14-12-24(13-15-25)21(27)19-16-17-9-7-8-10-18(17)23-19/h7-10,16,23H,2-6,11-15H2,1H3. The van der Waals surface area contributed by atoms with Crippen LogP contribution in [0.25, 0.3) is 10.9 Å². The topological polar surface area (TPSA) is 73.5 Å². The molecule has 1 aromatic heterocycles. The van der Waals surface area contributed by atoms with Crippen molar-refractivity contribution in [2.45, 2.75) is 45.4 Å².